The number of unbranched alkanes of at least 4 members (excludes halogenated alkanes) is 9. The normalized spacial score (nSPS) is 14.6. The van der Waals surface area contributed by atoms with Crippen LogP contribution >= 0.6 is 7.82 Å². The molecule has 4 N–H and O–H groups in total. The van der Waals surface area contributed by atoms with Crippen molar-refractivity contribution in [2.75, 3.05) is 19.8 Å². The first kappa shape index (κ1) is 44.4. The van der Waals surface area contributed by atoms with E-state index in [2.05, 4.69) is 60.1 Å². The molecule has 0 aliphatic rings. The Morgan fingerprint density at radius 3 is 1.79 bits per heavy atom. The summed E-state index contributed by atoms with van der Waals surface area (Å²) in [6, 6.07) is -1.57. The van der Waals surface area contributed by atoms with E-state index >= 15 is 0 Å². The number of hydrogen-bond acceptors (Lipinski definition) is 8. The summed E-state index contributed by atoms with van der Waals surface area (Å²) in [5.74, 6) is -2.47. The third-order valence-electron chi connectivity index (χ3n) is 6.87. The average molecular weight is 686 g/mol. The lowest BCUT2D eigenvalue weighted by Gasteiger charge is -2.18. The van der Waals surface area contributed by atoms with Crippen molar-refractivity contribution >= 4 is 25.7 Å². The summed E-state index contributed by atoms with van der Waals surface area (Å²) < 4.78 is 26.5. The minimum absolute atomic E-state index is 0.0683. The molecule has 12 heteroatoms. The van der Waals surface area contributed by atoms with E-state index in [0.717, 1.165) is 57.8 Å². The summed E-state index contributed by atoms with van der Waals surface area (Å²) in [5, 5.41) is 21.5. The number of amides is 1. The van der Waals surface area contributed by atoms with E-state index in [-0.39, 0.29) is 12.8 Å². The molecular formula is C35H60NO10P. The highest BCUT2D eigenvalue weighted by molar-refractivity contribution is 7.47. The van der Waals surface area contributed by atoms with Crippen LogP contribution in [0.25, 0.3) is 0 Å². The fourth-order valence-electron chi connectivity index (χ4n) is 4.13. The Labute approximate surface area is 282 Å². The zero-order chi connectivity index (χ0) is 35.0. The number of aliphatic hydroxyl groups excluding tert-OH is 1. The van der Waals surface area contributed by atoms with Gasteiger partial charge in [-0.2, -0.15) is 0 Å². The maximum absolute atomic E-state index is 12.2. The van der Waals surface area contributed by atoms with Crippen molar-refractivity contribution in [3.8, 4) is 0 Å². The van der Waals surface area contributed by atoms with Crippen molar-refractivity contribution < 1.29 is 47.8 Å². The largest absolute Gasteiger partial charge is 0.480 e. The molecule has 0 spiro atoms. The molecule has 0 aromatic rings. The molecule has 47 heavy (non-hydrogen) atoms. The second-order valence-electron chi connectivity index (χ2n) is 11.4. The van der Waals surface area contributed by atoms with E-state index in [0.29, 0.717) is 19.3 Å². The minimum atomic E-state index is -4.75. The van der Waals surface area contributed by atoms with Crippen molar-refractivity contribution in [2.24, 2.45) is 0 Å². The number of nitrogens with one attached hydrogen (secondary N) is 1. The van der Waals surface area contributed by atoms with Crippen LogP contribution in [0, 0.1) is 0 Å². The number of phosphoric ester groups is 1. The topological polar surface area (TPSA) is 169 Å². The van der Waals surface area contributed by atoms with Crippen LogP contribution in [0.1, 0.15) is 123 Å². The molecule has 0 aliphatic carbocycles. The summed E-state index contributed by atoms with van der Waals surface area (Å²) in [7, 11) is -4.75. The Kier molecular flexibility index (Phi) is 29.1. The van der Waals surface area contributed by atoms with Crippen molar-refractivity contribution in [3.05, 3.63) is 48.6 Å². The number of ether oxygens (including phenoxy) is 1. The molecule has 270 valence electrons. The van der Waals surface area contributed by atoms with Crippen molar-refractivity contribution in [1.29, 1.82) is 0 Å². The Balaban J connectivity index is 4.13. The van der Waals surface area contributed by atoms with E-state index in [4.69, 9.17) is 9.26 Å². The van der Waals surface area contributed by atoms with Crippen LogP contribution in [-0.2, 0) is 32.7 Å². The second-order valence-corrected chi connectivity index (χ2v) is 12.8. The molecule has 1 amide bonds. The van der Waals surface area contributed by atoms with Crippen molar-refractivity contribution in [3.63, 3.8) is 0 Å². The summed E-state index contributed by atoms with van der Waals surface area (Å²) >= 11 is 0. The third kappa shape index (κ3) is 30.5. The monoisotopic (exact) mass is 685 g/mol. The lowest BCUT2D eigenvalue weighted by Crippen LogP contribution is -2.43. The van der Waals surface area contributed by atoms with Gasteiger partial charge in [0.1, 0.15) is 12.7 Å². The molecule has 0 aliphatic heterocycles. The number of carbonyl (C=O) groups excluding carboxylic acids is 2. The Morgan fingerprint density at radius 2 is 1.19 bits per heavy atom. The van der Waals surface area contributed by atoms with Gasteiger partial charge in [0, 0.05) is 12.8 Å². The molecule has 0 rings (SSSR count). The first-order chi connectivity index (χ1) is 22.6. The van der Waals surface area contributed by atoms with Gasteiger partial charge in [-0.25, -0.2) is 9.36 Å². The number of carboxylic acids is 1. The molecule has 0 aromatic carbocycles. The van der Waals surface area contributed by atoms with Crippen LogP contribution in [0.4, 0.5) is 0 Å². The third-order valence-corrected chi connectivity index (χ3v) is 7.82. The summed E-state index contributed by atoms with van der Waals surface area (Å²) in [4.78, 5) is 45.3. The molecule has 11 nitrogen and oxygen atoms in total. The van der Waals surface area contributed by atoms with Gasteiger partial charge in [0.05, 0.1) is 13.2 Å². The fraction of sp³-hybridized carbons (Fsp3) is 0.686. The Hall–Kier alpha value is -2.56. The number of esters is 1. The van der Waals surface area contributed by atoms with Crippen molar-refractivity contribution in [1.82, 2.24) is 5.32 Å². The molecule has 0 saturated carbocycles. The molecule has 0 bridgehead atoms. The predicted molar refractivity (Wildman–Crippen MR) is 185 cm³/mol. The van der Waals surface area contributed by atoms with Gasteiger partial charge in [0.25, 0.3) is 0 Å². The highest BCUT2D eigenvalue weighted by atomic mass is 31.2. The minimum Gasteiger partial charge on any atom is -0.480 e. The highest BCUT2D eigenvalue weighted by Gasteiger charge is 2.28. The van der Waals surface area contributed by atoms with E-state index in [1.165, 1.54) is 19.3 Å². The zero-order valence-electron chi connectivity index (χ0n) is 28.6. The van der Waals surface area contributed by atoms with Gasteiger partial charge in [-0.1, -0.05) is 107 Å². The van der Waals surface area contributed by atoms with Crippen LogP contribution in [0.2, 0.25) is 0 Å². The Morgan fingerprint density at radius 1 is 0.681 bits per heavy atom. The van der Waals surface area contributed by atoms with Crippen LogP contribution in [0.5, 0.6) is 0 Å². The van der Waals surface area contributed by atoms with Gasteiger partial charge >= 0.3 is 19.8 Å². The van der Waals surface area contributed by atoms with Crippen LogP contribution in [0.15, 0.2) is 48.6 Å². The van der Waals surface area contributed by atoms with E-state index in [1.54, 1.807) is 0 Å². The number of carboxylic acid groups (broad SMARTS) is 1. The highest BCUT2D eigenvalue weighted by Crippen LogP contribution is 2.43. The molecule has 0 radical (unpaired) electrons. The number of rotatable bonds is 31. The summed E-state index contributed by atoms with van der Waals surface area (Å²) in [6.45, 7) is 2.40. The van der Waals surface area contributed by atoms with E-state index in [1.807, 2.05) is 12.2 Å². The summed E-state index contributed by atoms with van der Waals surface area (Å²) in [6.07, 6.45) is 30.5. The fourth-order valence-corrected chi connectivity index (χ4v) is 4.90. The molecule has 3 unspecified atom stereocenters. The number of allylic oxidation sites excluding steroid dienone is 8. The van der Waals surface area contributed by atoms with Crippen LogP contribution < -0.4 is 5.32 Å². The maximum Gasteiger partial charge on any atom is 0.472 e. The SMILES string of the molecule is CCCCC/C=C\C/C=C\C/C=C\C/C=C\CCCC(=O)NC(COP(=O)(O)OCC(O)COC(=O)CCCCCCCC)C(=O)O. The molecular weight excluding hydrogens is 625 g/mol. The second kappa shape index (κ2) is 30.8. The van der Waals surface area contributed by atoms with E-state index < -0.39 is 57.6 Å². The van der Waals surface area contributed by atoms with Crippen molar-refractivity contribution in [2.45, 2.75) is 135 Å². The predicted octanol–water partition coefficient (Wildman–Crippen LogP) is 7.49. The van der Waals surface area contributed by atoms with Crippen LogP contribution in [-0.4, -0.2) is 64.9 Å². The molecule has 0 heterocycles. The lowest BCUT2D eigenvalue weighted by molar-refractivity contribution is -0.147. The van der Waals surface area contributed by atoms with Gasteiger partial charge in [-0.05, 0) is 51.4 Å². The number of phosphoric acid groups is 1. The van der Waals surface area contributed by atoms with Gasteiger partial charge in [-0.3, -0.25) is 18.6 Å². The van der Waals surface area contributed by atoms with Gasteiger partial charge in [-0.15, -0.1) is 0 Å². The zero-order valence-corrected chi connectivity index (χ0v) is 29.5. The molecule has 3 atom stereocenters. The first-order valence-corrected chi connectivity index (χ1v) is 18.7. The van der Waals surface area contributed by atoms with Crippen LogP contribution in [0.3, 0.4) is 0 Å². The van der Waals surface area contributed by atoms with E-state index in [9.17, 15) is 34.1 Å². The number of hydrogen-bond donors (Lipinski definition) is 4. The molecule has 0 fully saturated rings. The quantitative estimate of drug-likeness (QED) is 0.0248. The number of aliphatic carboxylic acids is 1. The Bertz CT molecular complexity index is 995. The van der Waals surface area contributed by atoms with Gasteiger partial charge in [0.15, 0.2) is 6.04 Å². The van der Waals surface area contributed by atoms with Gasteiger partial charge in [0.2, 0.25) is 5.91 Å². The summed E-state index contributed by atoms with van der Waals surface area (Å²) in [5.41, 5.74) is 0. The molecule has 0 saturated heterocycles. The smallest absolute Gasteiger partial charge is 0.472 e. The van der Waals surface area contributed by atoms with Gasteiger partial charge < -0.3 is 25.2 Å². The first-order valence-electron chi connectivity index (χ1n) is 17.2. The maximum atomic E-state index is 12.2. The number of aliphatic hydroxyl groups is 1. The number of carbonyl (C=O) groups is 3. The lowest BCUT2D eigenvalue weighted by atomic mass is 10.1. The molecule has 0 aromatic heterocycles. The standard InChI is InChI=1S/C35H60NO10P/c1-3-5-7-9-11-12-13-14-15-16-17-18-19-20-21-22-24-26-33(38)36-32(35(40)41)30-46-47(42,43)45-29-31(37)28-44-34(39)27-25-23-10-8-6-4-2/h11-12,14-15,17-18,20-21,31-32,37H,3-10,13,16,19,22-30H2,1-2H3,(H,36,38)(H,40,41)(H,42,43)/b12-11-,15-14-,18-17-,21-20-. The average Bonchev–Trinajstić information content (AvgIpc) is 3.04.